The van der Waals surface area contributed by atoms with Gasteiger partial charge in [-0.25, -0.2) is 18.4 Å². The smallest absolute Gasteiger partial charge is 0.257 e. The quantitative estimate of drug-likeness (QED) is 0.254. The number of aromatic nitrogens is 4. The summed E-state index contributed by atoms with van der Waals surface area (Å²) in [7, 11) is 0. The molecular formula is C28H24ClF2N5O3. The first-order valence-corrected chi connectivity index (χ1v) is 12.5. The lowest BCUT2D eigenvalue weighted by Crippen LogP contribution is -2.28. The Morgan fingerprint density at radius 1 is 1.18 bits per heavy atom. The second kappa shape index (κ2) is 10.5. The molecule has 0 aliphatic heterocycles. The first kappa shape index (κ1) is 26.3. The molecule has 200 valence electrons. The van der Waals surface area contributed by atoms with Crippen LogP contribution in [0.1, 0.15) is 51.6 Å². The average Bonchev–Trinajstić information content (AvgIpc) is 3.46. The summed E-state index contributed by atoms with van der Waals surface area (Å²) in [5, 5.41) is 11.6. The highest BCUT2D eigenvalue weighted by atomic mass is 35.5. The van der Waals surface area contributed by atoms with E-state index in [1.54, 1.807) is 39.0 Å². The summed E-state index contributed by atoms with van der Waals surface area (Å²) in [6, 6.07) is 9.08. The largest absolute Gasteiger partial charge is 0.487 e. The fraction of sp³-hybridized carbons (Fsp3) is 0.214. The molecule has 5 rings (SSSR count). The number of hydrogen-bond donors (Lipinski definition) is 1. The standard InChI is InChI=1S/C28H24ClF2N5O3/c1-14-8-24(36-12-19(31)11-32-36)20-6-5-7-25(27(20)33-14)38-13-22-21(9-18(30)10-23(22)29)15(2)34-28(37)26-16(3)35-39-17(26)4/h5-12,15H,13H2,1-4H3,(H,34,37)/t15-/m0/s1. The molecule has 1 atom stereocenters. The SMILES string of the molecule is Cc1cc(-n2cc(F)cn2)c2cccc(OCc3c(Cl)cc(F)cc3[C@H](C)NC(=O)c3c(C)noc3C)c2n1. The Bertz CT molecular complexity index is 1700. The topological polar surface area (TPSA) is 95.1 Å². The van der Waals surface area contributed by atoms with Crippen molar-refractivity contribution in [3.8, 4) is 11.4 Å². The van der Waals surface area contributed by atoms with Gasteiger partial charge in [0, 0.05) is 16.6 Å². The zero-order chi connectivity index (χ0) is 27.8. The molecule has 11 heteroatoms. The van der Waals surface area contributed by atoms with E-state index in [1.165, 1.54) is 23.0 Å². The lowest BCUT2D eigenvalue weighted by atomic mass is 10.0. The van der Waals surface area contributed by atoms with Crippen molar-refractivity contribution < 1.29 is 22.8 Å². The van der Waals surface area contributed by atoms with Crippen molar-refractivity contribution >= 4 is 28.4 Å². The van der Waals surface area contributed by atoms with Gasteiger partial charge in [-0.15, -0.1) is 0 Å². The number of nitrogens with one attached hydrogen (secondary N) is 1. The van der Waals surface area contributed by atoms with Crippen LogP contribution in [0, 0.1) is 32.4 Å². The Balaban J connectivity index is 1.47. The Morgan fingerprint density at radius 2 is 1.97 bits per heavy atom. The van der Waals surface area contributed by atoms with Crippen molar-refractivity contribution in [3.05, 3.63) is 99.3 Å². The van der Waals surface area contributed by atoms with Crippen LogP contribution < -0.4 is 10.1 Å². The Morgan fingerprint density at radius 3 is 2.67 bits per heavy atom. The second-order valence-corrected chi connectivity index (χ2v) is 9.58. The number of para-hydroxylation sites is 1. The Kier molecular flexibility index (Phi) is 7.05. The molecule has 3 aromatic heterocycles. The molecule has 0 saturated heterocycles. The van der Waals surface area contributed by atoms with Crippen LogP contribution in [0.25, 0.3) is 16.6 Å². The van der Waals surface area contributed by atoms with Gasteiger partial charge in [-0.1, -0.05) is 28.9 Å². The van der Waals surface area contributed by atoms with Gasteiger partial charge in [-0.05, 0) is 57.5 Å². The van der Waals surface area contributed by atoms with Crippen LogP contribution in [0.4, 0.5) is 8.78 Å². The molecule has 3 heterocycles. The van der Waals surface area contributed by atoms with E-state index >= 15 is 0 Å². The summed E-state index contributed by atoms with van der Waals surface area (Å²) in [5.41, 5.74) is 3.61. The number of carbonyl (C=O) groups is 1. The van der Waals surface area contributed by atoms with Gasteiger partial charge in [-0.2, -0.15) is 5.10 Å². The molecule has 2 aromatic carbocycles. The highest BCUT2D eigenvalue weighted by molar-refractivity contribution is 6.31. The molecule has 0 fully saturated rings. The second-order valence-electron chi connectivity index (χ2n) is 9.18. The first-order chi connectivity index (χ1) is 18.6. The lowest BCUT2D eigenvalue weighted by molar-refractivity contribution is 0.0937. The molecule has 0 bridgehead atoms. The number of aryl methyl sites for hydroxylation is 3. The first-order valence-electron chi connectivity index (χ1n) is 12.1. The van der Waals surface area contributed by atoms with E-state index in [4.69, 9.17) is 20.9 Å². The number of ether oxygens (including phenoxy) is 1. The number of nitrogens with zero attached hydrogens (tertiary/aromatic N) is 4. The summed E-state index contributed by atoms with van der Waals surface area (Å²) in [6.45, 7) is 6.83. The number of benzene rings is 2. The van der Waals surface area contributed by atoms with Crippen LogP contribution in [-0.4, -0.2) is 25.8 Å². The fourth-order valence-electron chi connectivity index (χ4n) is 4.53. The predicted octanol–water partition coefficient (Wildman–Crippen LogP) is 6.34. The van der Waals surface area contributed by atoms with Gasteiger partial charge < -0.3 is 14.6 Å². The van der Waals surface area contributed by atoms with E-state index in [0.29, 0.717) is 56.2 Å². The Labute approximate surface area is 227 Å². The van der Waals surface area contributed by atoms with Crippen molar-refractivity contribution in [1.82, 2.24) is 25.2 Å². The molecule has 0 spiro atoms. The molecular weight excluding hydrogens is 528 g/mol. The zero-order valence-corrected chi connectivity index (χ0v) is 22.3. The number of halogens is 3. The minimum absolute atomic E-state index is 0.0273. The third-order valence-electron chi connectivity index (χ3n) is 6.35. The molecule has 1 N–H and O–H groups in total. The predicted molar refractivity (Wildman–Crippen MR) is 141 cm³/mol. The van der Waals surface area contributed by atoms with Crippen LogP contribution in [0.5, 0.6) is 5.75 Å². The van der Waals surface area contributed by atoms with Gasteiger partial charge >= 0.3 is 0 Å². The molecule has 5 aromatic rings. The number of rotatable bonds is 7. The molecule has 0 aliphatic rings. The van der Waals surface area contributed by atoms with Crippen molar-refractivity contribution in [1.29, 1.82) is 0 Å². The van der Waals surface area contributed by atoms with Gasteiger partial charge in [0.2, 0.25) is 0 Å². The van der Waals surface area contributed by atoms with Crippen molar-refractivity contribution in [2.45, 2.75) is 40.3 Å². The molecule has 0 saturated carbocycles. The van der Waals surface area contributed by atoms with Gasteiger partial charge in [0.15, 0.2) is 5.82 Å². The third kappa shape index (κ3) is 5.20. The maximum Gasteiger partial charge on any atom is 0.257 e. The van der Waals surface area contributed by atoms with E-state index in [1.807, 2.05) is 13.0 Å². The van der Waals surface area contributed by atoms with Crippen LogP contribution >= 0.6 is 11.6 Å². The monoisotopic (exact) mass is 551 g/mol. The van der Waals surface area contributed by atoms with Gasteiger partial charge in [-0.3, -0.25) is 4.79 Å². The van der Waals surface area contributed by atoms with Crippen molar-refractivity contribution in [2.24, 2.45) is 0 Å². The lowest BCUT2D eigenvalue weighted by Gasteiger charge is -2.20. The summed E-state index contributed by atoms with van der Waals surface area (Å²) in [4.78, 5) is 17.5. The summed E-state index contributed by atoms with van der Waals surface area (Å²) in [5.74, 6) is -0.574. The van der Waals surface area contributed by atoms with Crippen molar-refractivity contribution in [3.63, 3.8) is 0 Å². The van der Waals surface area contributed by atoms with E-state index in [0.717, 1.165) is 6.20 Å². The molecule has 0 radical (unpaired) electrons. The van der Waals surface area contributed by atoms with E-state index in [9.17, 15) is 13.6 Å². The van der Waals surface area contributed by atoms with Crippen LogP contribution in [0.15, 0.2) is 53.3 Å². The van der Waals surface area contributed by atoms with Crippen molar-refractivity contribution in [2.75, 3.05) is 0 Å². The van der Waals surface area contributed by atoms with Gasteiger partial charge in [0.1, 0.15) is 35.0 Å². The fourth-order valence-corrected chi connectivity index (χ4v) is 4.80. The maximum atomic E-state index is 14.4. The third-order valence-corrected chi connectivity index (χ3v) is 6.69. The minimum atomic E-state index is -0.618. The number of carbonyl (C=O) groups excluding carboxylic acids is 1. The molecule has 8 nitrogen and oxygen atoms in total. The molecule has 39 heavy (non-hydrogen) atoms. The normalized spacial score (nSPS) is 12.1. The number of pyridine rings is 1. The zero-order valence-electron chi connectivity index (χ0n) is 21.6. The molecule has 0 unspecified atom stereocenters. The van der Waals surface area contributed by atoms with Gasteiger partial charge in [0.25, 0.3) is 5.91 Å². The van der Waals surface area contributed by atoms with Crippen LogP contribution in [0.3, 0.4) is 0 Å². The summed E-state index contributed by atoms with van der Waals surface area (Å²) in [6.07, 6.45) is 2.41. The van der Waals surface area contributed by atoms with E-state index in [-0.39, 0.29) is 11.6 Å². The number of amides is 1. The minimum Gasteiger partial charge on any atom is -0.487 e. The highest BCUT2D eigenvalue weighted by Gasteiger charge is 2.23. The number of hydrogen-bond acceptors (Lipinski definition) is 6. The molecule has 0 aliphatic carbocycles. The number of fused-ring (bicyclic) bond motifs is 1. The van der Waals surface area contributed by atoms with E-state index in [2.05, 4.69) is 20.6 Å². The highest BCUT2D eigenvalue weighted by Crippen LogP contribution is 2.32. The maximum absolute atomic E-state index is 14.4. The summed E-state index contributed by atoms with van der Waals surface area (Å²) < 4.78 is 40.8. The van der Waals surface area contributed by atoms with Crippen LogP contribution in [0.2, 0.25) is 5.02 Å². The average molecular weight is 552 g/mol. The van der Waals surface area contributed by atoms with E-state index < -0.39 is 23.6 Å². The van der Waals surface area contributed by atoms with Crippen LogP contribution in [-0.2, 0) is 6.61 Å². The Hall–Kier alpha value is -4.31. The van der Waals surface area contributed by atoms with Gasteiger partial charge in [0.05, 0.1) is 34.8 Å². The summed E-state index contributed by atoms with van der Waals surface area (Å²) >= 11 is 6.46. The molecule has 1 amide bonds.